The van der Waals surface area contributed by atoms with Crippen molar-refractivity contribution in [2.24, 2.45) is 0 Å². The lowest BCUT2D eigenvalue weighted by Gasteiger charge is -2.19. The van der Waals surface area contributed by atoms with Gasteiger partial charge in [-0.15, -0.1) is 0 Å². The van der Waals surface area contributed by atoms with Crippen molar-refractivity contribution in [2.75, 3.05) is 0 Å². The van der Waals surface area contributed by atoms with Gasteiger partial charge in [-0.1, -0.05) is 84.9 Å². The Morgan fingerprint density at radius 1 is 0.375 bits per heavy atom. The maximum absolute atomic E-state index is 11.1. The van der Waals surface area contributed by atoms with E-state index in [-0.39, 0.29) is 0 Å². The highest BCUT2D eigenvalue weighted by molar-refractivity contribution is 6.12. The van der Waals surface area contributed by atoms with Crippen molar-refractivity contribution in [2.45, 2.75) is 0 Å². The van der Waals surface area contributed by atoms with Crippen LogP contribution in [0.1, 0.15) is 16.7 Å². The summed E-state index contributed by atoms with van der Waals surface area (Å²) in [5.41, 5.74) is 13.4. The molecule has 0 aliphatic carbocycles. The highest BCUT2D eigenvalue weighted by Crippen LogP contribution is 2.42. The lowest BCUT2D eigenvalue weighted by molar-refractivity contribution is 1.13. The molecule has 0 unspecified atom stereocenters. The van der Waals surface area contributed by atoms with Crippen LogP contribution in [0.25, 0.3) is 88.4 Å². The van der Waals surface area contributed by atoms with Crippen LogP contribution in [0.3, 0.4) is 0 Å². The Morgan fingerprint density at radius 3 is 1.34 bits per heavy atom. The summed E-state index contributed by atoms with van der Waals surface area (Å²) < 4.78 is 4.48. The molecular weight excluding hydrogens is 685 g/mol. The van der Waals surface area contributed by atoms with Gasteiger partial charge in [0, 0.05) is 39.5 Å². The number of nitrogens with zero attached hydrogens (tertiary/aromatic N) is 6. The summed E-state index contributed by atoms with van der Waals surface area (Å²) in [6, 6.07) is 60.1. The SMILES string of the molecule is N#Cc1ccc(-c2ccc3c4ccccc4n(-c4cc(-c5ccncc5)c(-n5c6ccccc6c6ccc(-c7ccc(C#N)cc7)cc65)cc4C#N)c3c2)cc1. The Hall–Kier alpha value is -8.24. The predicted octanol–water partition coefficient (Wildman–Crippen LogP) is 11.9. The maximum Gasteiger partial charge on any atom is 0.101 e. The largest absolute Gasteiger partial charge is 0.309 e. The van der Waals surface area contributed by atoms with Crippen molar-refractivity contribution in [3.63, 3.8) is 0 Å². The van der Waals surface area contributed by atoms with Gasteiger partial charge in [0.05, 0.1) is 62.3 Å². The minimum absolute atomic E-state index is 0.526. The second-order valence-electron chi connectivity index (χ2n) is 13.8. The third kappa shape index (κ3) is 5.12. The molecule has 7 aromatic carbocycles. The van der Waals surface area contributed by atoms with Crippen LogP contribution in [0.15, 0.2) is 170 Å². The molecule has 0 radical (unpaired) electrons. The first kappa shape index (κ1) is 32.4. The number of hydrogen-bond donors (Lipinski definition) is 0. The minimum atomic E-state index is 0.526. The number of rotatable bonds is 5. The lowest BCUT2D eigenvalue weighted by Crippen LogP contribution is -2.04. The first-order chi connectivity index (χ1) is 27.6. The number of pyridine rings is 1. The summed E-state index contributed by atoms with van der Waals surface area (Å²) in [6.45, 7) is 0. The summed E-state index contributed by atoms with van der Waals surface area (Å²) in [6.07, 6.45) is 3.60. The minimum Gasteiger partial charge on any atom is -0.309 e. The number of fused-ring (bicyclic) bond motifs is 6. The predicted molar refractivity (Wildman–Crippen MR) is 223 cm³/mol. The fourth-order valence-corrected chi connectivity index (χ4v) is 8.09. The van der Waals surface area contributed by atoms with Crippen molar-refractivity contribution < 1.29 is 0 Å². The molecular formula is C50H28N6. The van der Waals surface area contributed by atoms with E-state index in [1.807, 2.05) is 78.9 Å². The van der Waals surface area contributed by atoms with Crippen LogP contribution in [-0.4, -0.2) is 14.1 Å². The monoisotopic (exact) mass is 712 g/mol. The lowest BCUT2D eigenvalue weighted by atomic mass is 9.99. The quantitative estimate of drug-likeness (QED) is 0.177. The van der Waals surface area contributed by atoms with Gasteiger partial charge < -0.3 is 9.13 Å². The average Bonchev–Trinajstić information content (AvgIpc) is 3.78. The maximum atomic E-state index is 11.1. The van der Waals surface area contributed by atoms with E-state index in [0.29, 0.717) is 16.7 Å². The molecule has 0 spiro atoms. The van der Waals surface area contributed by atoms with Crippen molar-refractivity contribution >= 4 is 43.6 Å². The molecule has 0 saturated heterocycles. The van der Waals surface area contributed by atoms with Crippen LogP contribution < -0.4 is 0 Å². The van der Waals surface area contributed by atoms with Crippen molar-refractivity contribution in [3.05, 3.63) is 187 Å². The summed E-state index contributed by atoms with van der Waals surface area (Å²) in [5, 5.41) is 34.2. The summed E-state index contributed by atoms with van der Waals surface area (Å²) in [4.78, 5) is 4.36. The van der Waals surface area contributed by atoms with E-state index in [1.165, 1.54) is 0 Å². The zero-order valence-electron chi connectivity index (χ0n) is 29.8. The molecule has 0 amide bonds. The van der Waals surface area contributed by atoms with Gasteiger partial charge in [0.1, 0.15) is 6.07 Å². The number of para-hydroxylation sites is 2. The molecule has 6 nitrogen and oxygen atoms in total. The molecule has 10 aromatic rings. The fraction of sp³-hybridized carbons (Fsp3) is 0. The van der Waals surface area contributed by atoms with Crippen LogP contribution in [0.4, 0.5) is 0 Å². The van der Waals surface area contributed by atoms with Gasteiger partial charge in [-0.3, -0.25) is 4.98 Å². The van der Waals surface area contributed by atoms with Gasteiger partial charge in [0.15, 0.2) is 0 Å². The van der Waals surface area contributed by atoms with Gasteiger partial charge in [-0.05, 0) is 101 Å². The summed E-state index contributed by atoms with van der Waals surface area (Å²) >= 11 is 0. The molecule has 258 valence electrons. The van der Waals surface area contributed by atoms with Gasteiger partial charge in [-0.2, -0.15) is 15.8 Å². The van der Waals surface area contributed by atoms with Crippen LogP contribution >= 0.6 is 0 Å². The Bertz CT molecular complexity index is 3310. The van der Waals surface area contributed by atoms with Gasteiger partial charge >= 0.3 is 0 Å². The molecule has 0 N–H and O–H groups in total. The third-order valence-corrected chi connectivity index (χ3v) is 10.7. The highest BCUT2D eigenvalue weighted by atomic mass is 15.0. The van der Waals surface area contributed by atoms with E-state index in [2.05, 4.69) is 111 Å². The average molecular weight is 713 g/mol. The Morgan fingerprint density at radius 2 is 0.839 bits per heavy atom. The molecule has 0 aliphatic rings. The van der Waals surface area contributed by atoms with Crippen molar-refractivity contribution in [1.82, 2.24) is 14.1 Å². The van der Waals surface area contributed by atoms with E-state index in [0.717, 1.165) is 88.4 Å². The molecule has 56 heavy (non-hydrogen) atoms. The van der Waals surface area contributed by atoms with E-state index in [9.17, 15) is 15.8 Å². The van der Waals surface area contributed by atoms with Crippen molar-refractivity contribution in [1.29, 1.82) is 15.8 Å². The Kier molecular flexibility index (Phi) is 7.53. The van der Waals surface area contributed by atoms with Gasteiger partial charge in [0.2, 0.25) is 0 Å². The first-order valence-corrected chi connectivity index (χ1v) is 18.2. The van der Waals surface area contributed by atoms with Crippen LogP contribution in [0, 0.1) is 34.0 Å². The molecule has 3 heterocycles. The Balaban J connectivity index is 1.27. The molecule has 0 saturated carbocycles. The van der Waals surface area contributed by atoms with Crippen LogP contribution in [0.2, 0.25) is 0 Å². The molecule has 10 rings (SSSR count). The molecule has 0 aliphatic heterocycles. The zero-order valence-corrected chi connectivity index (χ0v) is 29.8. The van der Waals surface area contributed by atoms with Crippen LogP contribution in [-0.2, 0) is 0 Å². The topological polar surface area (TPSA) is 94.1 Å². The number of nitriles is 3. The fourth-order valence-electron chi connectivity index (χ4n) is 8.09. The van der Waals surface area contributed by atoms with Gasteiger partial charge in [0.25, 0.3) is 0 Å². The highest BCUT2D eigenvalue weighted by Gasteiger charge is 2.22. The molecule has 0 bridgehead atoms. The van der Waals surface area contributed by atoms with E-state index < -0.39 is 0 Å². The van der Waals surface area contributed by atoms with E-state index in [4.69, 9.17) is 0 Å². The number of hydrogen-bond acceptors (Lipinski definition) is 4. The normalized spacial score (nSPS) is 11.2. The smallest absolute Gasteiger partial charge is 0.101 e. The second kappa shape index (κ2) is 13.0. The zero-order chi connectivity index (χ0) is 37.8. The number of benzene rings is 7. The van der Waals surface area contributed by atoms with E-state index in [1.54, 1.807) is 12.4 Å². The molecule has 6 heteroatoms. The summed E-state index contributed by atoms with van der Waals surface area (Å²) in [5.74, 6) is 0. The summed E-state index contributed by atoms with van der Waals surface area (Å²) in [7, 11) is 0. The first-order valence-electron chi connectivity index (χ1n) is 18.2. The molecule has 0 atom stereocenters. The molecule has 0 fully saturated rings. The van der Waals surface area contributed by atoms with Gasteiger partial charge in [-0.25, -0.2) is 0 Å². The standard InChI is InChI=1S/C50H28N6/c51-29-32-9-13-34(14-10-32)37-17-19-42-40-5-1-3-7-45(40)55(48(42)25-37)47-28-44(36-21-23-54-24-22-36)50(27-39(47)31-53)56-46-8-4-2-6-41(46)43-20-18-38(26-49(43)56)35-15-11-33(30-52)12-16-35/h1-28H. The second-order valence-corrected chi connectivity index (χ2v) is 13.8. The Labute approximate surface area is 322 Å². The molecule has 3 aromatic heterocycles. The van der Waals surface area contributed by atoms with Crippen LogP contribution in [0.5, 0.6) is 0 Å². The third-order valence-electron chi connectivity index (χ3n) is 10.7. The number of aromatic nitrogens is 3. The van der Waals surface area contributed by atoms with Crippen molar-refractivity contribution in [3.8, 4) is 63.0 Å². The van der Waals surface area contributed by atoms with E-state index >= 15 is 0 Å².